The van der Waals surface area contributed by atoms with Crippen molar-refractivity contribution >= 4 is 21.6 Å². The SMILES string of the molecule is CN(C)S(=O)(=O)c1cccc(NC(=O)C2(c3ccccc3)CC2)c1. The molecule has 0 atom stereocenters. The van der Waals surface area contributed by atoms with Gasteiger partial charge in [0, 0.05) is 19.8 Å². The molecule has 1 aliphatic rings. The Bertz CT molecular complexity index is 857. The molecule has 0 heterocycles. The Morgan fingerprint density at radius 1 is 1.04 bits per heavy atom. The number of benzene rings is 2. The molecule has 126 valence electrons. The minimum atomic E-state index is -3.53. The van der Waals surface area contributed by atoms with Gasteiger partial charge in [-0.3, -0.25) is 4.79 Å². The summed E-state index contributed by atoms with van der Waals surface area (Å²) in [5.41, 5.74) is 1.00. The van der Waals surface area contributed by atoms with Gasteiger partial charge in [-0.15, -0.1) is 0 Å². The third-order valence-corrected chi connectivity index (χ3v) is 6.19. The number of hydrogen-bond acceptors (Lipinski definition) is 3. The van der Waals surface area contributed by atoms with Crippen LogP contribution in [0, 0.1) is 0 Å². The van der Waals surface area contributed by atoms with Crippen LogP contribution in [0.15, 0.2) is 59.5 Å². The highest BCUT2D eigenvalue weighted by Gasteiger charge is 2.51. The van der Waals surface area contributed by atoms with E-state index in [9.17, 15) is 13.2 Å². The van der Waals surface area contributed by atoms with Crippen molar-refractivity contribution in [2.24, 2.45) is 0 Å². The molecule has 0 bridgehead atoms. The van der Waals surface area contributed by atoms with Gasteiger partial charge in [-0.05, 0) is 36.6 Å². The highest BCUT2D eigenvalue weighted by atomic mass is 32.2. The van der Waals surface area contributed by atoms with Crippen LogP contribution in [-0.2, 0) is 20.2 Å². The largest absolute Gasteiger partial charge is 0.325 e. The fourth-order valence-electron chi connectivity index (χ4n) is 2.72. The van der Waals surface area contributed by atoms with E-state index in [0.717, 1.165) is 22.7 Å². The molecule has 6 heteroatoms. The van der Waals surface area contributed by atoms with Gasteiger partial charge in [0.1, 0.15) is 0 Å². The Morgan fingerprint density at radius 3 is 2.29 bits per heavy atom. The van der Waals surface area contributed by atoms with Crippen LogP contribution in [0.2, 0.25) is 0 Å². The molecule has 5 nitrogen and oxygen atoms in total. The van der Waals surface area contributed by atoms with Crippen LogP contribution in [-0.4, -0.2) is 32.7 Å². The maximum atomic E-state index is 12.7. The lowest BCUT2D eigenvalue weighted by Gasteiger charge is -2.17. The molecule has 1 fully saturated rings. The zero-order chi connectivity index (χ0) is 17.4. The van der Waals surface area contributed by atoms with Gasteiger partial charge < -0.3 is 5.32 Å². The Kier molecular flexibility index (Phi) is 4.19. The number of rotatable bonds is 5. The number of carbonyl (C=O) groups is 1. The summed E-state index contributed by atoms with van der Waals surface area (Å²) in [5.74, 6) is -0.0897. The molecule has 1 aliphatic carbocycles. The van der Waals surface area contributed by atoms with Crippen molar-refractivity contribution in [3.63, 3.8) is 0 Å². The van der Waals surface area contributed by atoms with Gasteiger partial charge in [0.2, 0.25) is 15.9 Å². The van der Waals surface area contributed by atoms with Gasteiger partial charge >= 0.3 is 0 Å². The van der Waals surface area contributed by atoms with Crippen molar-refractivity contribution in [3.8, 4) is 0 Å². The van der Waals surface area contributed by atoms with E-state index in [-0.39, 0.29) is 10.8 Å². The normalized spacial score (nSPS) is 16.0. The third kappa shape index (κ3) is 2.95. The second kappa shape index (κ2) is 6.03. The van der Waals surface area contributed by atoms with E-state index in [1.807, 2.05) is 30.3 Å². The van der Waals surface area contributed by atoms with Gasteiger partial charge in [-0.2, -0.15) is 0 Å². The summed E-state index contributed by atoms with van der Waals surface area (Å²) in [4.78, 5) is 12.9. The number of sulfonamides is 1. The molecule has 1 saturated carbocycles. The van der Waals surface area contributed by atoms with E-state index in [0.29, 0.717) is 5.69 Å². The van der Waals surface area contributed by atoms with Crippen molar-refractivity contribution in [1.82, 2.24) is 4.31 Å². The average Bonchev–Trinajstić information content (AvgIpc) is 3.37. The van der Waals surface area contributed by atoms with Gasteiger partial charge in [0.25, 0.3) is 0 Å². The average molecular weight is 344 g/mol. The first-order valence-corrected chi connectivity index (χ1v) is 9.20. The van der Waals surface area contributed by atoms with E-state index < -0.39 is 15.4 Å². The van der Waals surface area contributed by atoms with Crippen LogP contribution >= 0.6 is 0 Å². The predicted molar refractivity (Wildman–Crippen MR) is 93.3 cm³/mol. The van der Waals surface area contributed by atoms with Crippen molar-refractivity contribution in [1.29, 1.82) is 0 Å². The zero-order valence-corrected chi connectivity index (χ0v) is 14.5. The minimum Gasteiger partial charge on any atom is -0.325 e. The Morgan fingerprint density at radius 2 is 1.71 bits per heavy atom. The second-order valence-electron chi connectivity index (χ2n) is 6.22. The lowest BCUT2D eigenvalue weighted by Crippen LogP contribution is -2.28. The van der Waals surface area contributed by atoms with E-state index in [4.69, 9.17) is 0 Å². The molecule has 0 aliphatic heterocycles. The van der Waals surface area contributed by atoms with Gasteiger partial charge in [-0.25, -0.2) is 12.7 Å². The van der Waals surface area contributed by atoms with Crippen molar-refractivity contribution in [2.75, 3.05) is 19.4 Å². The number of nitrogens with one attached hydrogen (secondary N) is 1. The van der Waals surface area contributed by atoms with E-state index in [1.54, 1.807) is 12.1 Å². The van der Waals surface area contributed by atoms with Crippen molar-refractivity contribution < 1.29 is 13.2 Å². The maximum Gasteiger partial charge on any atom is 0.242 e. The molecule has 24 heavy (non-hydrogen) atoms. The summed E-state index contributed by atoms with van der Waals surface area (Å²) in [7, 11) is -0.563. The summed E-state index contributed by atoms with van der Waals surface area (Å²) in [6.07, 6.45) is 1.61. The van der Waals surface area contributed by atoms with Gasteiger partial charge in [0.05, 0.1) is 10.3 Å². The number of nitrogens with zero attached hydrogens (tertiary/aromatic N) is 1. The van der Waals surface area contributed by atoms with Gasteiger partial charge in [-0.1, -0.05) is 36.4 Å². The van der Waals surface area contributed by atoms with Crippen LogP contribution in [0.3, 0.4) is 0 Å². The highest BCUT2D eigenvalue weighted by molar-refractivity contribution is 7.89. The summed E-state index contributed by atoms with van der Waals surface area (Å²) >= 11 is 0. The fourth-order valence-corrected chi connectivity index (χ4v) is 3.67. The van der Waals surface area contributed by atoms with E-state index >= 15 is 0 Å². The van der Waals surface area contributed by atoms with Crippen LogP contribution in [0.1, 0.15) is 18.4 Å². The second-order valence-corrected chi connectivity index (χ2v) is 8.37. The first kappa shape index (κ1) is 16.7. The van der Waals surface area contributed by atoms with E-state index in [2.05, 4.69) is 5.32 Å². The minimum absolute atomic E-state index is 0.0897. The number of amides is 1. The number of hydrogen-bond donors (Lipinski definition) is 1. The quantitative estimate of drug-likeness (QED) is 0.907. The molecule has 0 saturated heterocycles. The molecule has 2 aromatic carbocycles. The lowest BCUT2D eigenvalue weighted by molar-refractivity contribution is -0.118. The van der Waals surface area contributed by atoms with Gasteiger partial charge in [0.15, 0.2) is 0 Å². The Balaban J connectivity index is 1.84. The maximum absolute atomic E-state index is 12.7. The van der Waals surface area contributed by atoms with Crippen LogP contribution in [0.25, 0.3) is 0 Å². The molecular weight excluding hydrogens is 324 g/mol. The molecule has 2 aromatic rings. The predicted octanol–water partition coefficient (Wildman–Crippen LogP) is 2.61. The van der Waals surface area contributed by atoms with Crippen LogP contribution in [0.5, 0.6) is 0 Å². The Hall–Kier alpha value is -2.18. The molecular formula is C18H20N2O3S. The monoisotopic (exact) mass is 344 g/mol. The molecule has 0 spiro atoms. The van der Waals surface area contributed by atoms with E-state index in [1.165, 1.54) is 26.2 Å². The molecule has 1 amide bonds. The fraction of sp³-hybridized carbons (Fsp3) is 0.278. The number of carbonyl (C=O) groups excluding carboxylic acids is 1. The van der Waals surface area contributed by atoms with Crippen LogP contribution in [0.4, 0.5) is 5.69 Å². The summed E-state index contributed by atoms with van der Waals surface area (Å²) in [5, 5.41) is 2.87. The highest BCUT2D eigenvalue weighted by Crippen LogP contribution is 2.48. The molecule has 3 rings (SSSR count). The molecule has 1 N–H and O–H groups in total. The zero-order valence-electron chi connectivity index (χ0n) is 13.7. The molecule has 0 unspecified atom stereocenters. The Labute approximate surface area is 142 Å². The summed E-state index contributed by atoms with van der Waals surface area (Å²) < 4.78 is 25.6. The first-order valence-electron chi connectivity index (χ1n) is 7.76. The van der Waals surface area contributed by atoms with Crippen LogP contribution < -0.4 is 5.32 Å². The molecule has 0 aromatic heterocycles. The van der Waals surface area contributed by atoms with Crippen molar-refractivity contribution in [2.45, 2.75) is 23.2 Å². The topological polar surface area (TPSA) is 66.5 Å². The first-order chi connectivity index (χ1) is 11.4. The summed E-state index contributed by atoms with van der Waals surface area (Å²) in [6, 6.07) is 16.0. The smallest absolute Gasteiger partial charge is 0.242 e. The standard InChI is InChI=1S/C18H20N2O3S/c1-20(2)24(22,23)16-10-6-9-15(13-16)19-17(21)18(11-12-18)14-7-4-3-5-8-14/h3-10,13H,11-12H2,1-2H3,(H,19,21). The number of anilines is 1. The van der Waals surface area contributed by atoms with Crippen molar-refractivity contribution in [3.05, 3.63) is 60.2 Å². The lowest BCUT2D eigenvalue weighted by atomic mass is 9.95. The third-order valence-electron chi connectivity index (χ3n) is 4.38. The molecule has 0 radical (unpaired) electrons. The summed E-state index contributed by atoms with van der Waals surface area (Å²) in [6.45, 7) is 0.